The summed E-state index contributed by atoms with van der Waals surface area (Å²) in [7, 11) is -3.92. The van der Waals surface area contributed by atoms with Crippen LogP contribution in [0.4, 0.5) is 0 Å². The summed E-state index contributed by atoms with van der Waals surface area (Å²) in [5.74, 6) is -2.60. The zero-order valence-electron chi connectivity index (χ0n) is 22.3. The summed E-state index contributed by atoms with van der Waals surface area (Å²) in [4.78, 5) is 42.5. The van der Waals surface area contributed by atoms with Crippen molar-refractivity contribution in [1.82, 2.24) is 31.0 Å². The van der Waals surface area contributed by atoms with Gasteiger partial charge in [-0.25, -0.2) is 18.1 Å². The number of rotatable bonds is 18. The Balaban J connectivity index is 2.01. The highest BCUT2D eigenvalue weighted by molar-refractivity contribution is 7.88. The molecule has 0 unspecified atom stereocenters. The van der Waals surface area contributed by atoms with E-state index >= 15 is 0 Å². The highest BCUT2D eigenvalue weighted by Crippen LogP contribution is 2.11. The molecule has 2 atom stereocenters. The first-order valence-electron chi connectivity index (χ1n) is 12.7. The molecule has 0 spiro atoms. The van der Waals surface area contributed by atoms with Crippen molar-refractivity contribution in [3.8, 4) is 0 Å². The van der Waals surface area contributed by atoms with Crippen LogP contribution in [-0.4, -0.2) is 74.6 Å². The van der Waals surface area contributed by atoms with Crippen LogP contribution in [0.25, 0.3) is 0 Å². The molecule has 0 aliphatic heterocycles. The molecule has 0 aliphatic carbocycles. The van der Waals surface area contributed by atoms with E-state index in [1.165, 1.54) is 6.20 Å². The minimum Gasteiger partial charge on any atom is -0.370 e. The quantitative estimate of drug-likeness (QED) is 0.0429. The summed E-state index contributed by atoms with van der Waals surface area (Å²) < 4.78 is 28.0. The van der Waals surface area contributed by atoms with Gasteiger partial charge in [0.05, 0.1) is 18.3 Å². The second-order valence-corrected chi connectivity index (χ2v) is 11.6. The summed E-state index contributed by atoms with van der Waals surface area (Å²) in [5, 5.41) is 26.6. The molecular formula is C24H36N10O5S2. The zero-order valence-corrected chi connectivity index (χ0v) is 23.9. The number of hydrogen-bond acceptors (Lipinski definition) is 9. The van der Waals surface area contributed by atoms with Crippen molar-refractivity contribution in [3.63, 3.8) is 0 Å². The van der Waals surface area contributed by atoms with Gasteiger partial charge in [-0.3, -0.25) is 25.2 Å². The lowest BCUT2D eigenvalue weighted by atomic mass is 10.1. The van der Waals surface area contributed by atoms with E-state index in [4.69, 9.17) is 22.3 Å². The Kier molecular flexibility index (Phi) is 13.6. The number of Topliss-reactive ketones (excluding diaryl/α,β-unsaturated/α-hetero) is 1. The van der Waals surface area contributed by atoms with Crippen LogP contribution in [0.2, 0.25) is 0 Å². The van der Waals surface area contributed by atoms with Crippen LogP contribution in [0.1, 0.15) is 41.0 Å². The number of guanidine groups is 2. The number of carbonyl (C=O) groups excluding carboxylic acids is 3. The van der Waals surface area contributed by atoms with Gasteiger partial charge in [0.15, 0.2) is 16.9 Å². The molecule has 17 heteroatoms. The van der Waals surface area contributed by atoms with E-state index < -0.39 is 46.2 Å². The van der Waals surface area contributed by atoms with Gasteiger partial charge < -0.3 is 32.7 Å². The smallest absolute Gasteiger partial charge is 0.239 e. The number of nitrogens with zero attached hydrogens (tertiary/aromatic N) is 1. The van der Waals surface area contributed by atoms with Gasteiger partial charge in [0.2, 0.25) is 27.6 Å². The first-order chi connectivity index (χ1) is 19.5. The maximum absolute atomic E-state index is 13.0. The summed E-state index contributed by atoms with van der Waals surface area (Å²) in [6.07, 6.45) is 2.47. The van der Waals surface area contributed by atoms with E-state index in [0.717, 1.165) is 11.3 Å². The van der Waals surface area contributed by atoms with E-state index in [1.54, 1.807) is 35.7 Å². The Bertz CT molecular complexity index is 1270. The van der Waals surface area contributed by atoms with E-state index in [2.05, 4.69) is 31.0 Å². The second-order valence-electron chi connectivity index (χ2n) is 8.92. The summed E-state index contributed by atoms with van der Waals surface area (Å²) in [6, 6.07) is 6.32. The topological polar surface area (TPSA) is 258 Å². The third-order valence-electron chi connectivity index (χ3n) is 5.53. The Morgan fingerprint density at radius 1 is 0.927 bits per heavy atom. The van der Waals surface area contributed by atoms with E-state index in [0.29, 0.717) is 24.9 Å². The number of amides is 2. The normalized spacial score (nSPS) is 12.5. The zero-order chi connectivity index (χ0) is 30.3. The van der Waals surface area contributed by atoms with Crippen LogP contribution in [0.5, 0.6) is 0 Å². The number of sulfonamides is 1. The predicted octanol–water partition coefficient (Wildman–Crippen LogP) is -1.06. The summed E-state index contributed by atoms with van der Waals surface area (Å²) in [6.45, 7) is 0.0424. The van der Waals surface area contributed by atoms with E-state index in [1.807, 2.05) is 0 Å². The lowest BCUT2D eigenvalue weighted by molar-refractivity contribution is -0.127. The SMILES string of the molecule is N=C(N)NCCC[C@H](NC(=O)CNC(=O)[C@@H](CCCNC(=N)N)NS(=O)(=O)Cc1ccccc1)C(=O)c1nccs1. The minimum absolute atomic E-state index is 0.0655. The monoisotopic (exact) mass is 608 g/mol. The summed E-state index contributed by atoms with van der Waals surface area (Å²) >= 11 is 1.13. The molecule has 1 heterocycles. The van der Waals surface area contributed by atoms with Crippen LogP contribution in [0.15, 0.2) is 41.9 Å². The van der Waals surface area contributed by atoms with Gasteiger partial charge >= 0.3 is 0 Å². The number of aromatic nitrogens is 1. The molecule has 0 saturated carbocycles. The van der Waals surface area contributed by atoms with E-state index in [-0.39, 0.29) is 42.1 Å². The van der Waals surface area contributed by atoms with Crippen LogP contribution in [0, 0.1) is 10.8 Å². The number of carbonyl (C=O) groups is 3. The highest BCUT2D eigenvalue weighted by atomic mass is 32.2. The fraction of sp³-hybridized carbons (Fsp3) is 0.417. The van der Waals surface area contributed by atoms with Crippen LogP contribution in [0.3, 0.4) is 0 Å². The molecule has 2 rings (SSSR count). The molecule has 11 N–H and O–H groups in total. The molecule has 0 bridgehead atoms. The van der Waals surface area contributed by atoms with Gasteiger partial charge in [-0.1, -0.05) is 30.3 Å². The number of nitrogens with two attached hydrogens (primary N) is 2. The van der Waals surface area contributed by atoms with Crippen molar-refractivity contribution in [3.05, 3.63) is 52.5 Å². The minimum atomic E-state index is -3.92. The van der Waals surface area contributed by atoms with Crippen molar-refractivity contribution in [2.75, 3.05) is 19.6 Å². The Morgan fingerprint density at radius 2 is 1.54 bits per heavy atom. The third kappa shape index (κ3) is 13.2. The Hall–Kier alpha value is -4.09. The number of hydrogen-bond donors (Lipinski definition) is 9. The van der Waals surface area contributed by atoms with Crippen molar-refractivity contribution in [2.24, 2.45) is 11.5 Å². The molecule has 41 heavy (non-hydrogen) atoms. The van der Waals surface area contributed by atoms with Gasteiger partial charge in [0, 0.05) is 24.7 Å². The highest BCUT2D eigenvalue weighted by Gasteiger charge is 2.27. The molecule has 15 nitrogen and oxygen atoms in total. The van der Waals surface area contributed by atoms with Crippen molar-refractivity contribution in [2.45, 2.75) is 43.5 Å². The Labute approximate surface area is 242 Å². The molecule has 0 saturated heterocycles. The van der Waals surface area contributed by atoms with Crippen LogP contribution < -0.4 is 37.5 Å². The van der Waals surface area contributed by atoms with Gasteiger partial charge in [-0.15, -0.1) is 11.3 Å². The Morgan fingerprint density at radius 3 is 2.10 bits per heavy atom. The molecular weight excluding hydrogens is 572 g/mol. The summed E-state index contributed by atoms with van der Waals surface area (Å²) in [5.41, 5.74) is 11.1. The molecule has 1 aromatic carbocycles. The van der Waals surface area contributed by atoms with Crippen molar-refractivity contribution in [1.29, 1.82) is 10.8 Å². The maximum Gasteiger partial charge on any atom is 0.239 e. The van der Waals surface area contributed by atoms with Crippen LogP contribution >= 0.6 is 11.3 Å². The maximum atomic E-state index is 13.0. The third-order valence-corrected chi connectivity index (χ3v) is 7.67. The van der Waals surface area contributed by atoms with Gasteiger partial charge in [0.1, 0.15) is 6.04 Å². The molecule has 2 amide bonds. The second kappa shape index (κ2) is 16.9. The number of thiazole rings is 1. The van der Waals surface area contributed by atoms with Gasteiger partial charge in [-0.05, 0) is 31.2 Å². The van der Waals surface area contributed by atoms with E-state index in [9.17, 15) is 22.8 Å². The first kappa shape index (κ1) is 33.1. The number of ketones is 1. The first-order valence-corrected chi connectivity index (χ1v) is 15.2. The molecule has 224 valence electrons. The lowest BCUT2D eigenvalue weighted by Crippen LogP contribution is -2.51. The fourth-order valence-corrected chi connectivity index (χ4v) is 5.66. The predicted molar refractivity (Wildman–Crippen MR) is 156 cm³/mol. The van der Waals surface area contributed by atoms with Crippen molar-refractivity contribution >= 4 is 50.9 Å². The molecule has 0 aliphatic rings. The van der Waals surface area contributed by atoms with Gasteiger partial charge in [0.25, 0.3) is 0 Å². The molecule has 2 aromatic rings. The lowest BCUT2D eigenvalue weighted by Gasteiger charge is -2.20. The standard InChI is InChI=1S/C24H36N10O5S2/c25-23(26)30-10-4-8-17(20(36)22-29-12-13-40-22)33-19(35)14-32-21(37)18(9-5-11-31-24(27)28)34-41(38,39)15-16-6-2-1-3-7-16/h1-3,6-7,12-13,17-18,34H,4-5,8-11,14-15H2,(H,32,37)(H,33,35)(H4,25,26,30)(H4,27,28,31)/t17-,18+/m0/s1. The fourth-order valence-electron chi connectivity index (χ4n) is 3.65. The van der Waals surface area contributed by atoms with Crippen molar-refractivity contribution < 1.29 is 22.8 Å². The number of nitrogens with one attached hydrogen (secondary N) is 7. The van der Waals surface area contributed by atoms with Gasteiger partial charge in [-0.2, -0.15) is 0 Å². The average Bonchev–Trinajstić information content (AvgIpc) is 3.45. The molecule has 1 aromatic heterocycles. The van der Waals surface area contributed by atoms with Crippen LogP contribution in [-0.2, 0) is 25.4 Å². The molecule has 0 radical (unpaired) electrons. The largest absolute Gasteiger partial charge is 0.370 e. The average molecular weight is 609 g/mol. The molecule has 0 fully saturated rings. The number of benzene rings is 1.